The van der Waals surface area contributed by atoms with Gasteiger partial charge in [0.15, 0.2) is 0 Å². The van der Waals surface area contributed by atoms with Gasteiger partial charge in [0, 0.05) is 13.1 Å². The third-order valence-electron chi connectivity index (χ3n) is 2.92. The van der Waals surface area contributed by atoms with E-state index in [4.69, 9.17) is 11.6 Å². The Labute approximate surface area is 100 Å². The van der Waals surface area contributed by atoms with E-state index in [0.717, 1.165) is 24.1 Å². The molecule has 0 saturated carbocycles. The van der Waals surface area contributed by atoms with Crippen LogP contribution >= 0.6 is 0 Å². The molecule has 0 spiro atoms. The highest BCUT2D eigenvalue weighted by Gasteiger charge is 2.27. The van der Waals surface area contributed by atoms with Crippen molar-refractivity contribution in [2.45, 2.75) is 19.0 Å². The second-order valence-corrected chi connectivity index (χ2v) is 4.17. The number of hydrogen-bond acceptors (Lipinski definition) is 4. The van der Waals surface area contributed by atoms with Crippen LogP contribution in [0.5, 0.6) is 0 Å². The molecule has 0 radical (unpaired) electrons. The van der Waals surface area contributed by atoms with Crippen molar-refractivity contribution >= 4 is 12.1 Å². The number of carbonyl (C=O) groups excluding carboxylic acids is 1. The van der Waals surface area contributed by atoms with Crippen LogP contribution in [-0.2, 0) is 11.3 Å². The lowest BCUT2D eigenvalue weighted by molar-refractivity contribution is -0.129. The van der Waals surface area contributed by atoms with Gasteiger partial charge in [-0.3, -0.25) is 4.79 Å². The van der Waals surface area contributed by atoms with Gasteiger partial charge in [0.25, 0.3) is 0 Å². The fourth-order valence-electron chi connectivity index (χ4n) is 1.94. The molecule has 1 aromatic rings. The zero-order valence-corrected chi connectivity index (χ0v) is 9.54. The maximum absolute atomic E-state index is 11.6. The average molecular weight is 232 g/mol. The molecule has 1 atom stereocenters. The molecule has 5 heteroatoms. The van der Waals surface area contributed by atoms with Crippen molar-refractivity contribution in [3.63, 3.8) is 0 Å². The van der Waals surface area contributed by atoms with Crippen molar-refractivity contribution in [3.05, 3.63) is 35.4 Å². The highest BCUT2D eigenvalue weighted by Crippen LogP contribution is 2.14. The summed E-state index contributed by atoms with van der Waals surface area (Å²) in [4.78, 5) is 13.4. The lowest BCUT2D eigenvalue weighted by Gasteiger charge is -2.15. The molecule has 1 fully saturated rings. The van der Waals surface area contributed by atoms with E-state index in [1.165, 1.54) is 0 Å². The van der Waals surface area contributed by atoms with Crippen molar-refractivity contribution in [1.82, 2.24) is 4.90 Å². The van der Waals surface area contributed by atoms with Crippen LogP contribution in [0.4, 0.5) is 0 Å². The standard InChI is InChI=1S/C12H16N4O/c13-11-5-6-16(12(11)17)8-10-3-1-9(2-4-10)7-15-14/h1-4,7,11H,5-6,8,13-14H2/t11-/m0/s1. The van der Waals surface area contributed by atoms with Crippen molar-refractivity contribution in [1.29, 1.82) is 0 Å². The zero-order valence-electron chi connectivity index (χ0n) is 9.54. The van der Waals surface area contributed by atoms with Gasteiger partial charge in [-0.05, 0) is 17.5 Å². The first-order valence-corrected chi connectivity index (χ1v) is 5.57. The topological polar surface area (TPSA) is 84.7 Å². The normalized spacial score (nSPS) is 20.4. The van der Waals surface area contributed by atoms with Crippen LogP contribution in [0.1, 0.15) is 17.5 Å². The maximum Gasteiger partial charge on any atom is 0.239 e. The van der Waals surface area contributed by atoms with E-state index >= 15 is 0 Å². The molecule has 1 saturated heterocycles. The summed E-state index contributed by atoms with van der Waals surface area (Å²) in [6.07, 6.45) is 2.33. The first kappa shape index (κ1) is 11.6. The molecule has 2 rings (SSSR count). The quantitative estimate of drug-likeness (QED) is 0.438. The van der Waals surface area contributed by atoms with Gasteiger partial charge >= 0.3 is 0 Å². The van der Waals surface area contributed by atoms with E-state index < -0.39 is 0 Å². The van der Waals surface area contributed by atoms with Gasteiger partial charge in [-0.2, -0.15) is 5.10 Å². The molecule has 1 aromatic carbocycles. The zero-order chi connectivity index (χ0) is 12.3. The molecular formula is C12H16N4O. The van der Waals surface area contributed by atoms with Crippen LogP contribution in [0.2, 0.25) is 0 Å². The Hall–Kier alpha value is -1.88. The number of hydrazone groups is 1. The number of nitrogens with two attached hydrogens (primary N) is 2. The van der Waals surface area contributed by atoms with Gasteiger partial charge in [-0.15, -0.1) is 0 Å². The molecule has 1 heterocycles. The van der Waals surface area contributed by atoms with Crippen molar-refractivity contribution in [2.24, 2.45) is 16.7 Å². The minimum Gasteiger partial charge on any atom is -0.337 e. The predicted molar refractivity (Wildman–Crippen MR) is 66.2 cm³/mol. The number of hydrogen-bond donors (Lipinski definition) is 2. The van der Waals surface area contributed by atoms with Gasteiger partial charge in [-0.25, -0.2) is 0 Å². The molecule has 1 aliphatic rings. The summed E-state index contributed by atoms with van der Waals surface area (Å²) in [5.74, 6) is 5.11. The number of rotatable bonds is 3. The lowest BCUT2D eigenvalue weighted by atomic mass is 10.1. The van der Waals surface area contributed by atoms with E-state index in [2.05, 4.69) is 5.10 Å². The van der Waals surface area contributed by atoms with Crippen LogP contribution < -0.4 is 11.6 Å². The smallest absolute Gasteiger partial charge is 0.239 e. The minimum absolute atomic E-state index is 0.0394. The summed E-state index contributed by atoms with van der Waals surface area (Å²) in [7, 11) is 0. The van der Waals surface area contributed by atoms with Crippen LogP contribution in [-0.4, -0.2) is 29.6 Å². The summed E-state index contributed by atoms with van der Waals surface area (Å²) < 4.78 is 0. The van der Waals surface area contributed by atoms with Gasteiger partial charge in [0.2, 0.25) is 5.91 Å². The number of amides is 1. The maximum atomic E-state index is 11.6. The van der Waals surface area contributed by atoms with Crippen LogP contribution in [0.15, 0.2) is 29.4 Å². The third-order valence-corrected chi connectivity index (χ3v) is 2.92. The average Bonchev–Trinajstić information content (AvgIpc) is 2.64. The van der Waals surface area contributed by atoms with E-state index in [1.807, 2.05) is 24.3 Å². The molecule has 90 valence electrons. The van der Waals surface area contributed by atoms with Crippen molar-refractivity contribution in [3.8, 4) is 0 Å². The Kier molecular flexibility index (Phi) is 3.39. The van der Waals surface area contributed by atoms with Gasteiger partial charge in [-0.1, -0.05) is 24.3 Å². The predicted octanol–water partition coefficient (Wildman–Crippen LogP) is 0.0388. The summed E-state index contributed by atoms with van der Waals surface area (Å²) in [5.41, 5.74) is 7.69. The van der Waals surface area contributed by atoms with Gasteiger partial charge < -0.3 is 16.5 Å². The lowest BCUT2D eigenvalue weighted by Crippen LogP contribution is -2.33. The fourth-order valence-corrected chi connectivity index (χ4v) is 1.94. The summed E-state index contributed by atoms with van der Waals surface area (Å²) in [6.45, 7) is 1.36. The van der Waals surface area contributed by atoms with Crippen LogP contribution in [0, 0.1) is 0 Å². The molecule has 5 nitrogen and oxygen atoms in total. The third kappa shape index (κ3) is 2.62. The Morgan fingerprint density at radius 1 is 1.41 bits per heavy atom. The molecule has 17 heavy (non-hydrogen) atoms. The Bertz CT molecular complexity index is 427. The second-order valence-electron chi connectivity index (χ2n) is 4.17. The Morgan fingerprint density at radius 3 is 2.65 bits per heavy atom. The largest absolute Gasteiger partial charge is 0.337 e. The van der Waals surface area contributed by atoms with Crippen LogP contribution in [0.3, 0.4) is 0 Å². The SMILES string of the molecule is NN=Cc1ccc(CN2CC[C@H](N)C2=O)cc1. The molecule has 0 unspecified atom stereocenters. The number of likely N-dealkylation sites (tertiary alicyclic amines) is 1. The van der Waals surface area contributed by atoms with E-state index in [-0.39, 0.29) is 11.9 Å². The number of nitrogens with zero attached hydrogens (tertiary/aromatic N) is 2. The molecule has 1 aliphatic heterocycles. The fraction of sp³-hybridized carbons (Fsp3) is 0.333. The number of carbonyl (C=O) groups is 1. The highest BCUT2D eigenvalue weighted by atomic mass is 16.2. The molecular weight excluding hydrogens is 216 g/mol. The Morgan fingerprint density at radius 2 is 2.12 bits per heavy atom. The molecule has 1 amide bonds. The van der Waals surface area contributed by atoms with Crippen molar-refractivity contribution in [2.75, 3.05) is 6.54 Å². The van der Waals surface area contributed by atoms with E-state index in [0.29, 0.717) is 6.54 Å². The number of benzene rings is 1. The summed E-state index contributed by atoms with van der Waals surface area (Å²) in [5, 5.41) is 3.45. The molecule has 0 bridgehead atoms. The summed E-state index contributed by atoms with van der Waals surface area (Å²) in [6, 6.07) is 7.46. The molecule has 0 aromatic heterocycles. The van der Waals surface area contributed by atoms with E-state index in [9.17, 15) is 4.79 Å². The molecule has 0 aliphatic carbocycles. The Balaban J connectivity index is 2.02. The molecule has 4 N–H and O–H groups in total. The second kappa shape index (κ2) is 4.97. The minimum atomic E-state index is -0.321. The van der Waals surface area contributed by atoms with Crippen molar-refractivity contribution < 1.29 is 4.79 Å². The first-order valence-electron chi connectivity index (χ1n) is 5.57. The highest BCUT2D eigenvalue weighted by molar-refractivity contribution is 5.83. The summed E-state index contributed by atoms with van der Waals surface area (Å²) >= 11 is 0. The monoisotopic (exact) mass is 232 g/mol. The van der Waals surface area contributed by atoms with E-state index in [1.54, 1.807) is 11.1 Å². The van der Waals surface area contributed by atoms with Crippen LogP contribution in [0.25, 0.3) is 0 Å². The first-order chi connectivity index (χ1) is 8.20. The van der Waals surface area contributed by atoms with Gasteiger partial charge in [0.1, 0.15) is 0 Å². The van der Waals surface area contributed by atoms with Gasteiger partial charge in [0.05, 0.1) is 12.3 Å².